The van der Waals surface area contributed by atoms with Gasteiger partial charge in [0.25, 0.3) is 0 Å². The average molecular weight is 398 g/mol. The molecule has 2 aromatic carbocycles. The van der Waals surface area contributed by atoms with Crippen molar-refractivity contribution in [3.63, 3.8) is 0 Å². The van der Waals surface area contributed by atoms with Gasteiger partial charge in [-0.2, -0.15) is 5.26 Å². The summed E-state index contributed by atoms with van der Waals surface area (Å²) in [5.41, 5.74) is 2.54. The highest BCUT2D eigenvalue weighted by Gasteiger charge is 2.31. The van der Waals surface area contributed by atoms with Crippen molar-refractivity contribution in [3.8, 4) is 22.9 Å². The first kappa shape index (κ1) is 20.1. The lowest BCUT2D eigenvalue weighted by Crippen LogP contribution is -2.41. The van der Waals surface area contributed by atoms with Crippen LogP contribution >= 0.6 is 0 Å². The molecule has 1 heterocycles. The maximum Gasteiger partial charge on any atom is 0.314 e. The van der Waals surface area contributed by atoms with Gasteiger partial charge in [0.15, 0.2) is 0 Å². The lowest BCUT2D eigenvalue weighted by Gasteiger charge is -2.29. The highest BCUT2D eigenvalue weighted by Crippen LogP contribution is 2.25. The molecule has 0 radical (unpaired) electrons. The third-order valence-electron chi connectivity index (χ3n) is 4.97. The third kappa shape index (κ3) is 4.58. The van der Waals surface area contributed by atoms with Gasteiger partial charge in [-0.1, -0.05) is 24.3 Å². The van der Waals surface area contributed by atoms with Gasteiger partial charge in [0.05, 0.1) is 23.3 Å². The zero-order valence-corrected chi connectivity index (χ0v) is 16.5. The van der Waals surface area contributed by atoms with E-state index in [1.54, 1.807) is 31.2 Å². The van der Waals surface area contributed by atoms with Crippen LogP contribution in [0.4, 0.5) is 0 Å². The molecule has 28 heavy (non-hydrogen) atoms. The fraction of sp³-hybridized carbons (Fsp3) is 0.333. The van der Waals surface area contributed by atoms with Crippen LogP contribution in [-0.4, -0.2) is 37.5 Å². The fourth-order valence-electron chi connectivity index (χ4n) is 3.20. The normalized spacial score (nSPS) is 15.7. The van der Waals surface area contributed by atoms with Crippen LogP contribution < -0.4 is 4.74 Å². The number of sulfonamides is 1. The van der Waals surface area contributed by atoms with Crippen LogP contribution in [0, 0.1) is 17.2 Å². The second kappa shape index (κ2) is 8.55. The Labute approximate surface area is 165 Å². The van der Waals surface area contributed by atoms with E-state index in [-0.39, 0.29) is 17.6 Å². The number of piperidine rings is 1. The molecule has 1 aliphatic heterocycles. The molecule has 0 spiro atoms. The first-order chi connectivity index (χ1) is 13.4. The second-order valence-corrected chi connectivity index (χ2v) is 8.97. The molecule has 0 saturated carbocycles. The Balaban J connectivity index is 1.58. The Morgan fingerprint density at radius 2 is 1.61 bits per heavy atom. The Bertz CT molecular complexity index is 969. The molecule has 0 bridgehead atoms. The molecule has 0 unspecified atom stereocenters. The van der Waals surface area contributed by atoms with Gasteiger partial charge in [0, 0.05) is 13.1 Å². The van der Waals surface area contributed by atoms with Gasteiger partial charge in [-0.15, -0.1) is 0 Å². The van der Waals surface area contributed by atoms with Crippen molar-refractivity contribution in [2.24, 2.45) is 5.92 Å². The standard InChI is InChI=1S/C21H22N2O4S/c1-2-28(25,26)23-13-11-19(12-14-23)21(24)27-20-9-7-18(8-10-20)17-5-3-16(15-22)4-6-17/h3-10,19H,2,11-14H2,1H3. The predicted molar refractivity (Wildman–Crippen MR) is 106 cm³/mol. The molecule has 2 aromatic rings. The lowest BCUT2D eigenvalue weighted by molar-refractivity contribution is -0.140. The van der Waals surface area contributed by atoms with Gasteiger partial charge in [0.2, 0.25) is 10.0 Å². The van der Waals surface area contributed by atoms with Gasteiger partial charge in [-0.05, 0) is 55.2 Å². The summed E-state index contributed by atoms with van der Waals surface area (Å²) in [6, 6.07) is 16.5. The van der Waals surface area contributed by atoms with Crippen molar-refractivity contribution < 1.29 is 17.9 Å². The quantitative estimate of drug-likeness (QED) is 0.570. The summed E-state index contributed by atoms with van der Waals surface area (Å²) in [6.07, 6.45) is 0.947. The van der Waals surface area contributed by atoms with E-state index in [0.717, 1.165) is 11.1 Å². The average Bonchev–Trinajstić information content (AvgIpc) is 2.74. The van der Waals surface area contributed by atoms with Crippen LogP contribution in [0.3, 0.4) is 0 Å². The number of esters is 1. The maximum absolute atomic E-state index is 12.4. The molecule has 6 nitrogen and oxygen atoms in total. The number of ether oxygens (including phenoxy) is 1. The van der Waals surface area contributed by atoms with Crippen molar-refractivity contribution in [1.82, 2.24) is 4.31 Å². The van der Waals surface area contributed by atoms with E-state index in [1.165, 1.54) is 4.31 Å². The number of nitrogens with zero attached hydrogens (tertiary/aromatic N) is 2. The first-order valence-electron chi connectivity index (χ1n) is 9.23. The summed E-state index contributed by atoms with van der Waals surface area (Å²) in [5, 5.41) is 8.86. The summed E-state index contributed by atoms with van der Waals surface area (Å²) in [7, 11) is -3.20. The molecule has 0 aromatic heterocycles. The van der Waals surface area contributed by atoms with Gasteiger partial charge in [-0.3, -0.25) is 4.79 Å². The van der Waals surface area contributed by atoms with E-state index < -0.39 is 10.0 Å². The van der Waals surface area contributed by atoms with Crippen LogP contribution in [0.25, 0.3) is 11.1 Å². The summed E-state index contributed by atoms with van der Waals surface area (Å²) in [5.74, 6) is -0.0690. The number of carbonyl (C=O) groups excluding carboxylic acids is 1. The molecule has 0 N–H and O–H groups in total. The minimum atomic E-state index is -3.20. The molecule has 0 atom stereocenters. The zero-order valence-electron chi connectivity index (χ0n) is 15.7. The van der Waals surface area contributed by atoms with Crippen molar-refractivity contribution in [2.75, 3.05) is 18.8 Å². The first-order valence-corrected chi connectivity index (χ1v) is 10.8. The van der Waals surface area contributed by atoms with Gasteiger partial charge >= 0.3 is 5.97 Å². The zero-order chi connectivity index (χ0) is 20.1. The van der Waals surface area contributed by atoms with Crippen molar-refractivity contribution in [2.45, 2.75) is 19.8 Å². The third-order valence-corrected chi connectivity index (χ3v) is 6.85. The Hall–Kier alpha value is -2.69. The van der Waals surface area contributed by atoms with Crippen LogP contribution in [0.15, 0.2) is 48.5 Å². The van der Waals surface area contributed by atoms with Gasteiger partial charge in [-0.25, -0.2) is 12.7 Å². The van der Waals surface area contributed by atoms with E-state index in [0.29, 0.717) is 37.2 Å². The summed E-state index contributed by atoms with van der Waals surface area (Å²) in [6.45, 7) is 2.33. The molecule has 3 rings (SSSR count). The molecule has 1 saturated heterocycles. The predicted octanol–water partition coefficient (Wildman–Crippen LogP) is 3.19. The van der Waals surface area contributed by atoms with E-state index in [4.69, 9.17) is 10.00 Å². The number of nitriles is 1. The molecule has 7 heteroatoms. The van der Waals surface area contributed by atoms with Crippen LogP contribution in [0.1, 0.15) is 25.3 Å². The minimum Gasteiger partial charge on any atom is -0.426 e. The largest absolute Gasteiger partial charge is 0.426 e. The van der Waals surface area contributed by atoms with Crippen LogP contribution in [0.2, 0.25) is 0 Å². The van der Waals surface area contributed by atoms with Crippen molar-refractivity contribution >= 4 is 16.0 Å². The molecule has 1 fully saturated rings. The van der Waals surface area contributed by atoms with Gasteiger partial charge < -0.3 is 4.74 Å². The van der Waals surface area contributed by atoms with Crippen LogP contribution in [0.5, 0.6) is 5.75 Å². The molecule has 0 aliphatic carbocycles. The molecular formula is C21H22N2O4S. The highest BCUT2D eigenvalue weighted by molar-refractivity contribution is 7.89. The Kier molecular flexibility index (Phi) is 6.12. The Morgan fingerprint density at radius 3 is 2.11 bits per heavy atom. The number of hydrogen-bond acceptors (Lipinski definition) is 5. The maximum atomic E-state index is 12.4. The monoisotopic (exact) mass is 398 g/mol. The Morgan fingerprint density at radius 1 is 1.07 bits per heavy atom. The molecule has 0 amide bonds. The number of benzene rings is 2. The van der Waals surface area contributed by atoms with Gasteiger partial charge in [0.1, 0.15) is 5.75 Å². The molecule has 146 valence electrons. The minimum absolute atomic E-state index is 0.0771. The van der Waals surface area contributed by atoms with Crippen LogP contribution in [-0.2, 0) is 14.8 Å². The fourth-order valence-corrected chi connectivity index (χ4v) is 4.34. The molecule has 1 aliphatic rings. The number of rotatable bonds is 5. The number of carbonyl (C=O) groups is 1. The number of hydrogen-bond donors (Lipinski definition) is 0. The van der Waals surface area contributed by atoms with E-state index >= 15 is 0 Å². The van der Waals surface area contributed by atoms with E-state index in [2.05, 4.69) is 6.07 Å². The SMILES string of the molecule is CCS(=O)(=O)N1CCC(C(=O)Oc2ccc(-c3ccc(C#N)cc3)cc2)CC1. The topological polar surface area (TPSA) is 87.5 Å². The summed E-state index contributed by atoms with van der Waals surface area (Å²) >= 11 is 0. The van der Waals surface area contributed by atoms with Crippen molar-refractivity contribution in [1.29, 1.82) is 5.26 Å². The second-order valence-electron chi connectivity index (χ2n) is 6.71. The van der Waals surface area contributed by atoms with Crippen molar-refractivity contribution in [3.05, 3.63) is 54.1 Å². The lowest BCUT2D eigenvalue weighted by atomic mass is 9.98. The van der Waals surface area contributed by atoms with E-state index in [9.17, 15) is 13.2 Å². The summed E-state index contributed by atoms with van der Waals surface area (Å²) < 4.78 is 30.7. The molecular weight excluding hydrogens is 376 g/mol. The van der Waals surface area contributed by atoms with E-state index in [1.807, 2.05) is 24.3 Å². The smallest absolute Gasteiger partial charge is 0.314 e. The highest BCUT2D eigenvalue weighted by atomic mass is 32.2. The summed E-state index contributed by atoms with van der Waals surface area (Å²) in [4.78, 5) is 12.4.